The van der Waals surface area contributed by atoms with Crippen LogP contribution < -0.4 is 0 Å². The third kappa shape index (κ3) is 1.98. The van der Waals surface area contributed by atoms with Crippen molar-refractivity contribution in [1.29, 1.82) is 0 Å². The zero-order valence-corrected chi connectivity index (χ0v) is 10.5. The molecule has 3 aromatic carbocycles. The fourth-order valence-corrected chi connectivity index (χ4v) is 2.47. The normalized spacial score (nSPS) is 11.4. The molecule has 0 atom stereocenters. The molecule has 0 heterocycles. The van der Waals surface area contributed by atoms with Gasteiger partial charge in [0.15, 0.2) is 0 Å². The van der Waals surface area contributed by atoms with Crippen molar-refractivity contribution < 1.29 is 5.11 Å². The molecule has 0 unspecified atom stereocenters. The van der Waals surface area contributed by atoms with E-state index in [1.165, 1.54) is 0 Å². The zero-order valence-electron chi connectivity index (χ0n) is 10.5. The highest BCUT2D eigenvalue weighted by atomic mass is 16.3. The summed E-state index contributed by atoms with van der Waals surface area (Å²) in [5.74, 6) is 0. The Balaban J connectivity index is 2.23. The number of benzene rings is 2. The monoisotopic (exact) mass is 247 g/mol. The second-order valence-corrected chi connectivity index (χ2v) is 4.62. The SMILES string of the molecule is OC(c1ccccc1)(c1ccccc1)c1cc[cH-]c1. The predicted molar refractivity (Wildman–Crippen MR) is 77.0 cm³/mol. The molecule has 0 fully saturated rings. The average molecular weight is 247 g/mol. The van der Waals surface area contributed by atoms with E-state index in [0.29, 0.717) is 0 Å². The lowest BCUT2D eigenvalue weighted by Gasteiger charge is -2.34. The largest absolute Gasteiger partial charge is 0.389 e. The number of hydrogen-bond acceptors (Lipinski definition) is 1. The Morgan fingerprint density at radius 3 is 1.63 bits per heavy atom. The van der Waals surface area contributed by atoms with Crippen LogP contribution >= 0.6 is 0 Å². The summed E-state index contributed by atoms with van der Waals surface area (Å²) in [7, 11) is 0. The van der Waals surface area contributed by atoms with Crippen LogP contribution in [-0.4, -0.2) is 5.11 Å². The van der Waals surface area contributed by atoms with Crippen LogP contribution in [0.4, 0.5) is 0 Å². The summed E-state index contributed by atoms with van der Waals surface area (Å²) in [5, 5.41) is 11.3. The Morgan fingerprint density at radius 2 is 1.21 bits per heavy atom. The molecule has 0 aliphatic carbocycles. The molecule has 19 heavy (non-hydrogen) atoms. The summed E-state index contributed by atoms with van der Waals surface area (Å²) >= 11 is 0. The molecular formula is C18H15O-. The van der Waals surface area contributed by atoms with Crippen LogP contribution in [0, 0.1) is 0 Å². The molecule has 3 rings (SSSR count). The second-order valence-electron chi connectivity index (χ2n) is 4.62. The molecule has 1 heteroatoms. The van der Waals surface area contributed by atoms with E-state index in [1.807, 2.05) is 84.9 Å². The van der Waals surface area contributed by atoms with Gasteiger partial charge in [0.1, 0.15) is 0 Å². The highest BCUT2D eigenvalue weighted by Gasteiger charge is 2.28. The molecule has 0 aliphatic heterocycles. The van der Waals surface area contributed by atoms with Crippen molar-refractivity contribution in [2.45, 2.75) is 5.60 Å². The lowest BCUT2D eigenvalue weighted by Crippen LogP contribution is -2.28. The lowest BCUT2D eigenvalue weighted by molar-refractivity contribution is 0.126. The fraction of sp³-hybridized carbons (Fsp3) is 0.0556. The molecule has 0 bridgehead atoms. The summed E-state index contributed by atoms with van der Waals surface area (Å²) in [4.78, 5) is 0. The van der Waals surface area contributed by atoms with Crippen LogP contribution in [-0.2, 0) is 5.60 Å². The molecule has 94 valence electrons. The first-order chi connectivity index (χ1) is 9.32. The second kappa shape index (κ2) is 4.79. The Labute approximate surface area is 113 Å². The van der Waals surface area contributed by atoms with E-state index < -0.39 is 5.60 Å². The third-order valence-corrected chi connectivity index (χ3v) is 3.46. The Kier molecular flexibility index (Phi) is 2.98. The summed E-state index contributed by atoms with van der Waals surface area (Å²) in [6.45, 7) is 0. The first kappa shape index (κ1) is 11.8. The van der Waals surface area contributed by atoms with Gasteiger partial charge in [-0.1, -0.05) is 60.7 Å². The smallest absolute Gasteiger partial charge is 0.0865 e. The summed E-state index contributed by atoms with van der Waals surface area (Å²) in [5.41, 5.74) is 1.57. The maximum absolute atomic E-state index is 11.3. The van der Waals surface area contributed by atoms with Crippen LogP contribution in [0.1, 0.15) is 16.7 Å². The van der Waals surface area contributed by atoms with E-state index >= 15 is 0 Å². The van der Waals surface area contributed by atoms with E-state index in [2.05, 4.69) is 0 Å². The minimum atomic E-state index is -1.09. The van der Waals surface area contributed by atoms with Crippen molar-refractivity contribution in [3.05, 3.63) is 102 Å². The minimum Gasteiger partial charge on any atom is -0.389 e. The molecule has 0 aromatic heterocycles. The molecule has 0 radical (unpaired) electrons. The van der Waals surface area contributed by atoms with Crippen LogP contribution in [0.15, 0.2) is 84.9 Å². The Morgan fingerprint density at radius 1 is 0.684 bits per heavy atom. The number of aliphatic hydroxyl groups is 1. The summed E-state index contributed by atoms with van der Waals surface area (Å²) in [6, 6.07) is 27.4. The quantitative estimate of drug-likeness (QED) is 0.700. The van der Waals surface area contributed by atoms with Gasteiger partial charge >= 0.3 is 0 Å². The van der Waals surface area contributed by atoms with Crippen LogP contribution in [0.25, 0.3) is 0 Å². The Hall–Kier alpha value is -2.25. The highest BCUT2D eigenvalue weighted by Crippen LogP contribution is 2.36. The zero-order chi connectivity index (χ0) is 13.1. The standard InChI is InChI=1S/C18H15O/c19-18(17-13-7-8-14-17,15-9-3-1-4-10-15)16-11-5-2-6-12-16/h1-14,19H/q-1. The molecule has 1 nitrogen and oxygen atoms in total. The van der Waals surface area contributed by atoms with E-state index in [-0.39, 0.29) is 0 Å². The van der Waals surface area contributed by atoms with E-state index in [9.17, 15) is 5.11 Å². The number of rotatable bonds is 3. The van der Waals surface area contributed by atoms with E-state index in [1.54, 1.807) is 0 Å². The molecular weight excluding hydrogens is 232 g/mol. The van der Waals surface area contributed by atoms with Crippen molar-refractivity contribution in [2.75, 3.05) is 0 Å². The topological polar surface area (TPSA) is 20.2 Å². The summed E-state index contributed by atoms with van der Waals surface area (Å²) in [6.07, 6.45) is 0. The van der Waals surface area contributed by atoms with Crippen molar-refractivity contribution in [3.8, 4) is 0 Å². The van der Waals surface area contributed by atoms with Crippen molar-refractivity contribution in [1.82, 2.24) is 0 Å². The van der Waals surface area contributed by atoms with Gasteiger partial charge in [0.05, 0.1) is 5.60 Å². The van der Waals surface area contributed by atoms with Gasteiger partial charge in [-0.3, -0.25) is 0 Å². The Bertz CT molecular complexity index is 584. The maximum atomic E-state index is 11.3. The predicted octanol–water partition coefficient (Wildman–Crippen LogP) is 3.69. The lowest BCUT2D eigenvalue weighted by atomic mass is 9.81. The summed E-state index contributed by atoms with van der Waals surface area (Å²) < 4.78 is 0. The average Bonchev–Trinajstić information content (AvgIpc) is 3.03. The molecule has 1 N–H and O–H groups in total. The van der Waals surface area contributed by atoms with Gasteiger partial charge < -0.3 is 5.11 Å². The molecule has 0 saturated carbocycles. The van der Waals surface area contributed by atoms with Gasteiger partial charge in [0, 0.05) is 0 Å². The maximum Gasteiger partial charge on any atom is 0.0865 e. The van der Waals surface area contributed by atoms with Crippen LogP contribution in [0.2, 0.25) is 0 Å². The molecule has 0 aliphatic rings. The van der Waals surface area contributed by atoms with Gasteiger partial charge in [-0.05, 0) is 11.1 Å². The highest BCUT2D eigenvalue weighted by molar-refractivity contribution is 5.47. The third-order valence-electron chi connectivity index (χ3n) is 3.46. The van der Waals surface area contributed by atoms with Gasteiger partial charge in [-0.25, -0.2) is 6.07 Å². The van der Waals surface area contributed by atoms with Crippen molar-refractivity contribution in [2.24, 2.45) is 0 Å². The van der Waals surface area contributed by atoms with Crippen molar-refractivity contribution >= 4 is 0 Å². The van der Waals surface area contributed by atoms with Crippen molar-refractivity contribution in [3.63, 3.8) is 0 Å². The molecule has 0 amide bonds. The minimum absolute atomic E-state index is 0.882. The van der Waals surface area contributed by atoms with Crippen LogP contribution in [0.3, 0.4) is 0 Å². The van der Waals surface area contributed by atoms with Gasteiger partial charge in [0.2, 0.25) is 0 Å². The molecule has 0 saturated heterocycles. The van der Waals surface area contributed by atoms with E-state index in [4.69, 9.17) is 0 Å². The number of hydrogen-bond donors (Lipinski definition) is 1. The van der Waals surface area contributed by atoms with Crippen LogP contribution in [0.5, 0.6) is 0 Å². The molecule has 0 spiro atoms. The fourth-order valence-electron chi connectivity index (χ4n) is 2.47. The van der Waals surface area contributed by atoms with E-state index in [0.717, 1.165) is 16.7 Å². The van der Waals surface area contributed by atoms with Gasteiger partial charge in [-0.2, -0.15) is 23.8 Å². The van der Waals surface area contributed by atoms with Gasteiger partial charge in [0.25, 0.3) is 0 Å². The first-order valence-corrected chi connectivity index (χ1v) is 6.37. The molecule has 3 aromatic rings. The van der Waals surface area contributed by atoms with Gasteiger partial charge in [-0.15, -0.1) is 0 Å². The first-order valence-electron chi connectivity index (χ1n) is 6.37.